The maximum absolute atomic E-state index is 8.81. The lowest BCUT2D eigenvalue weighted by molar-refractivity contribution is 0.109. The van der Waals surface area contributed by atoms with E-state index in [0.29, 0.717) is 17.0 Å². The molecule has 0 bridgehead atoms. The second kappa shape index (κ2) is 7.70. The summed E-state index contributed by atoms with van der Waals surface area (Å²) in [6.45, 7) is 4.22. The maximum Gasteiger partial charge on any atom is 0.125 e. The van der Waals surface area contributed by atoms with Gasteiger partial charge in [0.05, 0.1) is 23.9 Å². The molecular weight excluding hydrogens is 376 g/mol. The van der Waals surface area contributed by atoms with Gasteiger partial charge in [0.1, 0.15) is 6.17 Å². The highest BCUT2D eigenvalue weighted by molar-refractivity contribution is 6.15. The van der Waals surface area contributed by atoms with Crippen LogP contribution in [0.1, 0.15) is 18.4 Å². The summed E-state index contributed by atoms with van der Waals surface area (Å²) in [5.41, 5.74) is 10.7. The third-order valence-electron chi connectivity index (χ3n) is 6.18. The Morgan fingerprint density at radius 3 is 2.60 bits per heavy atom. The molecule has 2 fully saturated rings. The van der Waals surface area contributed by atoms with E-state index in [2.05, 4.69) is 25.2 Å². The topological polar surface area (TPSA) is 98.6 Å². The molecule has 30 heavy (non-hydrogen) atoms. The predicted octanol–water partition coefficient (Wildman–Crippen LogP) is 1.66. The minimum Gasteiger partial charge on any atom is -0.398 e. The summed E-state index contributed by atoms with van der Waals surface area (Å²) < 4.78 is 1.77. The highest BCUT2D eigenvalue weighted by Gasteiger charge is 2.33. The fourth-order valence-electron chi connectivity index (χ4n) is 4.25. The van der Waals surface area contributed by atoms with Gasteiger partial charge in [0.25, 0.3) is 0 Å². The van der Waals surface area contributed by atoms with Gasteiger partial charge in [0.2, 0.25) is 0 Å². The van der Waals surface area contributed by atoms with Gasteiger partial charge in [0.15, 0.2) is 0 Å². The van der Waals surface area contributed by atoms with Crippen molar-refractivity contribution in [3.63, 3.8) is 0 Å². The van der Waals surface area contributed by atoms with Crippen molar-refractivity contribution >= 4 is 17.7 Å². The first-order valence-corrected chi connectivity index (χ1v) is 10.5. The largest absolute Gasteiger partial charge is 0.398 e. The fraction of sp³-hybridized carbons (Fsp3) is 0.409. The van der Waals surface area contributed by atoms with Gasteiger partial charge in [-0.25, -0.2) is 0 Å². The average molecular weight is 405 g/mol. The first-order chi connectivity index (χ1) is 14.6. The number of piperazine rings is 1. The van der Waals surface area contributed by atoms with Crippen molar-refractivity contribution in [2.75, 3.05) is 31.9 Å². The van der Waals surface area contributed by atoms with Gasteiger partial charge in [-0.3, -0.25) is 24.9 Å². The lowest BCUT2D eigenvalue weighted by atomic mass is 9.99. The predicted molar refractivity (Wildman–Crippen MR) is 120 cm³/mol. The summed E-state index contributed by atoms with van der Waals surface area (Å²) in [6, 6.07) is 6.61. The van der Waals surface area contributed by atoms with E-state index >= 15 is 0 Å². The van der Waals surface area contributed by atoms with E-state index in [-0.39, 0.29) is 6.17 Å². The molecule has 1 aromatic carbocycles. The lowest BCUT2D eigenvalue weighted by Gasteiger charge is -2.37. The van der Waals surface area contributed by atoms with E-state index in [1.165, 1.54) is 12.8 Å². The standard InChI is InChI=1S/C22H28N8/c1-28-13-16(12-27-28)15-2-5-19(23)18(10-15)22(24)20-11-21(26-14-25-20)30-8-6-29(7-9-30)17-3-4-17/h2,5,10-14,17,21,24H,3-4,6-9,23H2,1H3,(H,25,26). The van der Waals surface area contributed by atoms with E-state index in [1.807, 2.05) is 43.7 Å². The van der Waals surface area contributed by atoms with Crippen molar-refractivity contribution in [1.29, 1.82) is 5.41 Å². The van der Waals surface area contributed by atoms with E-state index in [9.17, 15) is 0 Å². The zero-order valence-corrected chi connectivity index (χ0v) is 17.3. The molecule has 8 heteroatoms. The summed E-state index contributed by atoms with van der Waals surface area (Å²) in [6.07, 6.45) is 10.2. The summed E-state index contributed by atoms with van der Waals surface area (Å²) >= 11 is 0. The Labute approximate surface area is 176 Å². The zero-order chi connectivity index (χ0) is 20.7. The Kier molecular flexibility index (Phi) is 4.88. The second-order valence-corrected chi connectivity index (χ2v) is 8.30. The van der Waals surface area contributed by atoms with Crippen molar-refractivity contribution in [3.05, 3.63) is 47.9 Å². The molecule has 1 aromatic heterocycles. The molecule has 0 amide bonds. The van der Waals surface area contributed by atoms with E-state index in [4.69, 9.17) is 11.1 Å². The van der Waals surface area contributed by atoms with Crippen LogP contribution in [-0.4, -0.2) is 70.0 Å². The van der Waals surface area contributed by atoms with Gasteiger partial charge in [0, 0.05) is 62.3 Å². The fourth-order valence-corrected chi connectivity index (χ4v) is 4.25. The van der Waals surface area contributed by atoms with Gasteiger partial charge in [-0.15, -0.1) is 0 Å². The SMILES string of the molecule is Cn1cc(-c2ccc(N)c(C(=N)C3=CC(N4CCN(C5CC5)CC4)N=CN3)c2)cn1. The van der Waals surface area contributed by atoms with E-state index in [1.54, 1.807) is 11.0 Å². The highest BCUT2D eigenvalue weighted by Crippen LogP contribution is 2.28. The number of nitrogen functional groups attached to an aromatic ring is 1. The van der Waals surface area contributed by atoms with Gasteiger partial charge in [-0.1, -0.05) is 6.07 Å². The van der Waals surface area contributed by atoms with Crippen LogP contribution in [0.4, 0.5) is 5.69 Å². The minimum atomic E-state index is -0.0364. The van der Waals surface area contributed by atoms with Gasteiger partial charge in [-0.05, 0) is 36.6 Å². The van der Waals surface area contributed by atoms with Crippen LogP contribution in [0.25, 0.3) is 11.1 Å². The number of aryl methyl sites for hydroxylation is 1. The first kappa shape index (κ1) is 19.0. The highest BCUT2D eigenvalue weighted by atomic mass is 15.3. The molecule has 3 aliphatic rings. The van der Waals surface area contributed by atoms with Crippen molar-refractivity contribution in [2.45, 2.75) is 25.0 Å². The number of aromatic nitrogens is 2. The zero-order valence-electron chi connectivity index (χ0n) is 17.3. The molecular formula is C22H28N8. The van der Waals surface area contributed by atoms with Gasteiger partial charge in [-0.2, -0.15) is 5.10 Å². The summed E-state index contributed by atoms with van der Waals surface area (Å²) in [5, 5.41) is 16.2. The van der Waals surface area contributed by atoms with Crippen LogP contribution in [0.3, 0.4) is 0 Å². The van der Waals surface area contributed by atoms with Crippen LogP contribution in [0.5, 0.6) is 0 Å². The van der Waals surface area contributed by atoms with Crippen molar-refractivity contribution in [1.82, 2.24) is 24.9 Å². The monoisotopic (exact) mass is 404 g/mol. The van der Waals surface area contributed by atoms with Crippen LogP contribution in [-0.2, 0) is 7.05 Å². The third kappa shape index (κ3) is 3.76. The molecule has 0 radical (unpaired) electrons. The number of hydrogen-bond acceptors (Lipinski definition) is 7. The van der Waals surface area contributed by atoms with E-state index in [0.717, 1.165) is 49.0 Å². The number of nitrogens with two attached hydrogens (primary N) is 1. The molecule has 0 spiro atoms. The van der Waals surface area contributed by atoms with Crippen molar-refractivity contribution in [2.24, 2.45) is 12.0 Å². The minimum absolute atomic E-state index is 0.0364. The molecule has 4 N–H and O–H groups in total. The second-order valence-electron chi connectivity index (χ2n) is 8.30. The number of nitrogens with one attached hydrogen (secondary N) is 2. The number of anilines is 1. The lowest BCUT2D eigenvalue weighted by Crippen LogP contribution is -2.51. The molecule has 2 aromatic rings. The summed E-state index contributed by atoms with van der Waals surface area (Å²) in [7, 11) is 1.89. The number of benzene rings is 1. The number of allylic oxidation sites excluding steroid dienone is 1. The van der Waals surface area contributed by atoms with Crippen LogP contribution in [0.15, 0.2) is 47.4 Å². The summed E-state index contributed by atoms with van der Waals surface area (Å²) in [4.78, 5) is 9.59. The number of nitrogens with zero attached hydrogens (tertiary/aromatic N) is 5. The van der Waals surface area contributed by atoms with Crippen LogP contribution < -0.4 is 11.1 Å². The normalized spacial score (nSPS) is 22.6. The molecule has 1 aliphatic carbocycles. The van der Waals surface area contributed by atoms with Crippen LogP contribution in [0, 0.1) is 5.41 Å². The Bertz CT molecular complexity index is 1010. The number of aliphatic imine (C=N–C) groups is 1. The first-order valence-electron chi connectivity index (χ1n) is 10.5. The molecule has 2 aliphatic heterocycles. The molecule has 1 saturated carbocycles. The molecule has 1 saturated heterocycles. The van der Waals surface area contributed by atoms with Crippen molar-refractivity contribution in [3.8, 4) is 11.1 Å². The van der Waals surface area contributed by atoms with Crippen LogP contribution >= 0.6 is 0 Å². The van der Waals surface area contributed by atoms with Crippen molar-refractivity contribution < 1.29 is 0 Å². The molecule has 5 rings (SSSR count). The Balaban J connectivity index is 1.34. The molecule has 1 unspecified atom stereocenters. The maximum atomic E-state index is 8.81. The number of hydrogen-bond donors (Lipinski definition) is 3. The third-order valence-corrected chi connectivity index (χ3v) is 6.18. The van der Waals surface area contributed by atoms with Crippen LogP contribution in [0.2, 0.25) is 0 Å². The Morgan fingerprint density at radius 2 is 1.90 bits per heavy atom. The quantitative estimate of drug-likeness (QED) is 0.520. The summed E-state index contributed by atoms with van der Waals surface area (Å²) in [5.74, 6) is 0. The molecule has 8 nitrogen and oxygen atoms in total. The average Bonchev–Trinajstić information content (AvgIpc) is 3.54. The van der Waals surface area contributed by atoms with Gasteiger partial charge >= 0.3 is 0 Å². The molecule has 1 atom stereocenters. The van der Waals surface area contributed by atoms with E-state index < -0.39 is 0 Å². The Morgan fingerprint density at radius 1 is 1.13 bits per heavy atom. The molecule has 156 valence electrons. The number of rotatable bonds is 5. The Hall–Kier alpha value is -2.97. The molecule has 3 heterocycles. The smallest absolute Gasteiger partial charge is 0.125 e. The van der Waals surface area contributed by atoms with Gasteiger partial charge < -0.3 is 11.1 Å².